The number of ether oxygens (including phenoxy) is 1. The van der Waals surface area contributed by atoms with E-state index in [-0.39, 0.29) is 0 Å². The number of rotatable bonds is 3. The van der Waals surface area contributed by atoms with Gasteiger partial charge in [0.1, 0.15) is 5.75 Å². The van der Waals surface area contributed by atoms with Crippen molar-refractivity contribution in [2.45, 2.75) is 18.9 Å². The Bertz CT molecular complexity index is 323. The van der Waals surface area contributed by atoms with Crippen molar-refractivity contribution in [1.29, 1.82) is 0 Å². The summed E-state index contributed by atoms with van der Waals surface area (Å²) in [6, 6.07) is 6.51. The molecule has 14 heavy (non-hydrogen) atoms. The molecule has 0 spiro atoms. The minimum Gasteiger partial charge on any atom is -0.497 e. The van der Waals surface area contributed by atoms with Gasteiger partial charge in [0.15, 0.2) is 0 Å². The number of benzene rings is 1. The largest absolute Gasteiger partial charge is 0.497 e. The molecule has 0 radical (unpaired) electrons. The van der Waals surface area contributed by atoms with E-state index in [1.54, 1.807) is 7.11 Å². The summed E-state index contributed by atoms with van der Waals surface area (Å²) in [6.07, 6.45) is 2.30. The molecule has 1 aromatic carbocycles. The van der Waals surface area contributed by atoms with Gasteiger partial charge in [0.2, 0.25) is 0 Å². The predicted molar refractivity (Wildman–Crippen MR) is 58.1 cm³/mol. The summed E-state index contributed by atoms with van der Waals surface area (Å²) in [5.41, 5.74) is 1.24. The van der Waals surface area contributed by atoms with E-state index in [1.165, 1.54) is 12.0 Å². The highest BCUT2D eigenvalue weighted by Gasteiger charge is 2.16. The Morgan fingerprint density at radius 2 is 2.29 bits per heavy atom. The Morgan fingerprint density at radius 3 is 2.86 bits per heavy atom. The molecule has 3 heteroatoms. The summed E-state index contributed by atoms with van der Waals surface area (Å²) >= 11 is 5.97. The molecular weight excluding hydrogens is 198 g/mol. The molecule has 1 aliphatic heterocycles. The molecule has 76 valence electrons. The lowest BCUT2D eigenvalue weighted by molar-refractivity contribution is 0.368. The van der Waals surface area contributed by atoms with Crippen molar-refractivity contribution < 1.29 is 4.74 Å². The highest BCUT2D eigenvalue weighted by Crippen LogP contribution is 2.22. The third-order valence-electron chi connectivity index (χ3n) is 2.57. The Morgan fingerprint density at radius 1 is 1.50 bits per heavy atom. The lowest BCUT2D eigenvalue weighted by Gasteiger charge is -2.27. The summed E-state index contributed by atoms with van der Waals surface area (Å²) in [5.74, 6) is 0.840. The summed E-state index contributed by atoms with van der Waals surface area (Å²) in [6.45, 7) is 1.14. The van der Waals surface area contributed by atoms with Gasteiger partial charge in [-0.2, -0.15) is 0 Å². The van der Waals surface area contributed by atoms with Crippen molar-refractivity contribution in [3.8, 4) is 5.75 Å². The second-order valence-electron chi connectivity index (χ2n) is 3.64. The van der Waals surface area contributed by atoms with Crippen LogP contribution in [-0.2, 0) is 6.42 Å². The number of halogens is 1. The molecular formula is C11H14ClNO. The molecule has 1 unspecified atom stereocenters. The van der Waals surface area contributed by atoms with Crippen LogP contribution in [0.4, 0.5) is 0 Å². The third-order valence-corrected chi connectivity index (χ3v) is 2.79. The first-order valence-corrected chi connectivity index (χ1v) is 5.22. The van der Waals surface area contributed by atoms with E-state index in [4.69, 9.17) is 16.3 Å². The average Bonchev–Trinajstić information content (AvgIpc) is 2.10. The van der Waals surface area contributed by atoms with Gasteiger partial charge >= 0.3 is 0 Å². The Kier molecular flexibility index (Phi) is 2.94. The molecule has 2 rings (SSSR count). The van der Waals surface area contributed by atoms with Crippen LogP contribution < -0.4 is 10.1 Å². The highest BCUT2D eigenvalue weighted by molar-refractivity contribution is 6.30. The molecule has 1 N–H and O–H groups in total. The van der Waals surface area contributed by atoms with E-state index in [0.717, 1.165) is 23.7 Å². The zero-order valence-corrected chi connectivity index (χ0v) is 8.97. The number of hydrogen-bond acceptors (Lipinski definition) is 2. The number of nitrogens with one attached hydrogen (secondary N) is 1. The van der Waals surface area contributed by atoms with E-state index in [2.05, 4.69) is 5.32 Å². The number of hydrogen-bond donors (Lipinski definition) is 1. The van der Waals surface area contributed by atoms with Crippen LogP contribution in [0.2, 0.25) is 5.02 Å². The zero-order chi connectivity index (χ0) is 9.97. The number of methoxy groups -OCH3 is 1. The second-order valence-corrected chi connectivity index (χ2v) is 4.08. The minimum absolute atomic E-state index is 0.623. The lowest BCUT2D eigenvalue weighted by atomic mass is 9.98. The molecule has 0 amide bonds. The van der Waals surface area contributed by atoms with Gasteiger partial charge in [-0.25, -0.2) is 0 Å². The first-order valence-electron chi connectivity index (χ1n) is 4.85. The van der Waals surface area contributed by atoms with E-state index >= 15 is 0 Å². The molecule has 1 saturated heterocycles. The first-order chi connectivity index (χ1) is 6.78. The maximum absolute atomic E-state index is 5.97. The fourth-order valence-electron chi connectivity index (χ4n) is 1.66. The summed E-state index contributed by atoms with van der Waals surface area (Å²) in [4.78, 5) is 0. The molecule has 1 heterocycles. The van der Waals surface area contributed by atoms with Crippen LogP contribution in [0.3, 0.4) is 0 Å². The minimum atomic E-state index is 0.623. The Balaban J connectivity index is 2.11. The van der Waals surface area contributed by atoms with Crippen LogP contribution in [0.15, 0.2) is 18.2 Å². The second kappa shape index (κ2) is 4.20. The first kappa shape index (κ1) is 9.81. The zero-order valence-electron chi connectivity index (χ0n) is 8.22. The topological polar surface area (TPSA) is 21.3 Å². The third kappa shape index (κ3) is 2.20. The molecule has 1 fully saturated rings. The maximum atomic E-state index is 5.97. The SMILES string of the molecule is COc1cc(Cl)cc(CC2CCN2)c1. The fraction of sp³-hybridized carbons (Fsp3) is 0.455. The van der Waals surface area contributed by atoms with Crippen LogP contribution >= 0.6 is 11.6 Å². The molecule has 1 atom stereocenters. The monoisotopic (exact) mass is 211 g/mol. The highest BCUT2D eigenvalue weighted by atomic mass is 35.5. The molecule has 0 aliphatic carbocycles. The van der Waals surface area contributed by atoms with Gasteiger partial charge in [0, 0.05) is 11.1 Å². The van der Waals surface area contributed by atoms with Gasteiger partial charge in [-0.1, -0.05) is 11.6 Å². The molecule has 0 saturated carbocycles. The van der Waals surface area contributed by atoms with Gasteiger partial charge in [-0.15, -0.1) is 0 Å². The quantitative estimate of drug-likeness (QED) is 0.828. The van der Waals surface area contributed by atoms with Crippen molar-refractivity contribution >= 4 is 11.6 Å². The molecule has 1 aromatic rings. The van der Waals surface area contributed by atoms with Gasteiger partial charge in [-0.05, 0) is 43.1 Å². The van der Waals surface area contributed by atoms with Crippen molar-refractivity contribution in [1.82, 2.24) is 5.32 Å². The van der Waals surface area contributed by atoms with E-state index < -0.39 is 0 Å². The molecule has 0 bridgehead atoms. The van der Waals surface area contributed by atoms with Crippen LogP contribution in [0.25, 0.3) is 0 Å². The van der Waals surface area contributed by atoms with Crippen LogP contribution in [0.1, 0.15) is 12.0 Å². The van der Waals surface area contributed by atoms with E-state index in [0.29, 0.717) is 6.04 Å². The molecule has 1 aliphatic rings. The van der Waals surface area contributed by atoms with Crippen molar-refractivity contribution in [2.24, 2.45) is 0 Å². The molecule has 2 nitrogen and oxygen atoms in total. The summed E-state index contributed by atoms with van der Waals surface area (Å²) in [7, 11) is 1.66. The van der Waals surface area contributed by atoms with E-state index in [1.807, 2.05) is 18.2 Å². The maximum Gasteiger partial charge on any atom is 0.120 e. The lowest BCUT2D eigenvalue weighted by Crippen LogP contribution is -2.44. The Labute approximate surface area is 89.2 Å². The smallest absolute Gasteiger partial charge is 0.120 e. The van der Waals surface area contributed by atoms with Gasteiger partial charge in [-0.3, -0.25) is 0 Å². The standard InChI is InChI=1S/C11H14ClNO/c1-14-11-6-8(4-9(12)7-11)5-10-2-3-13-10/h4,6-7,10,13H,2-3,5H2,1H3. The fourth-order valence-corrected chi connectivity index (χ4v) is 1.91. The molecule has 0 aromatic heterocycles. The van der Waals surface area contributed by atoms with Crippen molar-refractivity contribution in [2.75, 3.05) is 13.7 Å². The van der Waals surface area contributed by atoms with Crippen molar-refractivity contribution in [3.05, 3.63) is 28.8 Å². The van der Waals surface area contributed by atoms with Gasteiger partial charge in [0.25, 0.3) is 0 Å². The van der Waals surface area contributed by atoms with Crippen LogP contribution in [0, 0.1) is 0 Å². The van der Waals surface area contributed by atoms with E-state index in [9.17, 15) is 0 Å². The average molecular weight is 212 g/mol. The van der Waals surface area contributed by atoms with Gasteiger partial charge in [0.05, 0.1) is 7.11 Å². The van der Waals surface area contributed by atoms with Crippen LogP contribution in [0.5, 0.6) is 5.75 Å². The Hall–Kier alpha value is -0.730. The predicted octanol–water partition coefficient (Wildman–Crippen LogP) is 2.25. The van der Waals surface area contributed by atoms with Crippen molar-refractivity contribution in [3.63, 3.8) is 0 Å². The summed E-state index contributed by atoms with van der Waals surface area (Å²) in [5, 5.41) is 4.12. The summed E-state index contributed by atoms with van der Waals surface area (Å²) < 4.78 is 5.16. The van der Waals surface area contributed by atoms with Crippen LogP contribution in [-0.4, -0.2) is 19.7 Å². The normalized spacial score (nSPS) is 20.3. The van der Waals surface area contributed by atoms with Gasteiger partial charge < -0.3 is 10.1 Å².